The van der Waals surface area contributed by atoms with Crippen LogP contribution in [0.5, 0.6) is 0 Å². The Hall–Kier alpha value is -1.81. The maximum Gasteiger partial charge on any atom is 0.310 e. The van der Waals surface area contributed by atoms with Crippen molar-refractivity contribution >= 4 is 34.3 Å². The lowest BCUT2D eigenvalue weighted by atomic mass is 9.87. The van der Waals surface area contributed by atoms with E-state index in [1.54, 1.807) is 12.1 Å². The van der Waals surface area contributed by atoms with E-state index in [1.807, 2.05) is 26.8 Å². The third-order valence-corrected chi connectivity index (χ3v) is 5.01. The van der Waals surface area contributed by atoms with Gasteiger partial charge < -0.3 is 9.52 Å². The van der Waals surface area contributed by atoms with Crippen molar-refractivity contribution < 1.29 is 19.1 Å². The van der Waals surface area contributed by atoms with Gasteiger partial charge in [-0.1, -0.05) is 25.4 Å². The summed E-state index contributed by atoms with van der Waals surface area (Å²) in [6.45, 7) is 5.50. The van der Waals surface area contributed by atoms with Crippen LogP contribution in [0.3, 0.4) is 0 Å². The molecule has 1 aliphatic rings. The second kappa shape index (κ2) is 4.85. The average molecular weight is 321 g/mol. The number of aliphatic carboxylic acids is 1. The number of rotatable bonds is 4. The van der Waals surface area contributed by atoms with Crippen LogP contribution < -0.4 is 0 Å². The molecule has 1 heterocycles. The number of carboxylic acids is 1. The van der Waals surface area contributed by atoms with Crippen molar-refractivity contribution in [2.45, 2.75) is 27.2 Å². The number of ketones is 1. The van der Waals surface area contributed by atoms with Gasteiger partial charge in [0, 0.05) is 16.9 Å². The van der Waals surface area contributed by atoms with Gasteiger partial charge >= 0.3 is 5.97 Å². The zero-order valence-electron chi connectivity index (χ0n) is 12.6. The molecule has 1 fully saturated rings. The van der Waals surface area contributed by atoms with E-state index in [4.69, 9.17) is 16.0 Å². The van der Waals surface area contributed by atoms with Crippen LogP contribution in [-0.4, -0.2) is 16.9 Å². The van der Waals surface area contributed by atoms with E-state index >= 15 is 0 Å². The molecule has 0 unspecified atom stereocenters. The largest absolute Gasteiger partial charge is 0.481 e. The zero-order valence-corrected chi connectivity index (χ0v) is 13.4. The quantitative estimate of drug-likeness (QED) is 0.852. The smallest absolute Gasteiger partial charge is 0.310 e. The summed E-state index contributed by atoms with van der Waals surface area (Å²) in [6, 6.07) is 5.11. The molecule has 22 heavy (non-hydrogen) atoms. The maximum absolute atomic E-state index is 12.7. The lowest BCUT2D eigenvalue weighted by molar-refractivity contribution is -0.145. The average Bonchev–Trinajstić information content (AvgIpc) is 3.09. The van der Waals surface area contributed by atoms with Gasteiger partial charge in [-0.25, -0.2) is 0 Å². The first-order chi connectivity index (χ1) is 10.3. The molecular weight excluding hydrogens is 304 g/mol. The third-order valence-electron chi connectivity index (χ3n) is 4.73. The molecular formula is C17H17ClO4. The number of carbonyl (C=O) groups excluding carboxylic acids is 1. The van der Waals surface area contributed by atoms with Crippen LogP contribution in [-0.2, 0) is 4.79 Å². The van der Waals surface area contributed by atoms with Crippen LogP contribution in [0.25, 0.3) is 11.0 Å². The van der Waals surface area contributed by atoms with Gasteiger partial charge in [0.05, 0.1) is 10.4 Å². The van der Waals surface area contributed by atoms with Gasteiger partial charge in [0.15, 0.2) is 11.4 Å². The Morgan fingerprint density at radius 3 is 2.59 bits per heavy atom. The Bertz CT molecular complexity index is 789. The van der Waals surface area contributed by atoms with Gasteiger partial charge in [-0.3, -0.25) is 9.59 Å². The molecule has 1 N–H and O–H groups in total. The summed E-state index contributed by atoms with van der Waals surface area (Å²) in [5.41, 5.74) is 0.0668. The van der Waals surface area contributed by atoms with E-state index in [9.17, 15) is 14.7 Å². The summed E-state index contributed by atoms with van der Waals surface area (Å²) in [6.07, 6.45) is 0.388. The van der Waals surface area contributed by atoms with Gasteiger partial charge in [-0.15, -0.1) is 0 Å². The monoisotopic (exact) mass is 320 g/mol. The number of furan rings is 1. The standard InChI is InChI=1S/C17H17ClO4/c1-8(2)17(16(20)21)7-12(17)14(19)10-5-11-4-9(3)22-15(11)13(18)6-10/h4-6,8,12H,7H2,1-3H3,(H,20,21)/t12-,17+/m1/s1. The van der Waals surface area contributed by atoms with Crippen molar-refractivity contribution in [3.63, 3.8) is 0 Å². The number of carbonyl (C=O) groups is 2. The number of halogens is 1. The van der Waals surface area contributed by atoms with Gasteiger partial charge in [-0.05, 0) is 37.5 Å². The zero-order chi connectivity index (χ0) is 16.2. The van der Waals surface area contributed by atoms with Gasteiger partial charge in [-0.2, -0.15) is 0 Å². The SMILES string of the molecule is Cc1cc2cc(C(=O)[C@H]3C[C@]3(C(=O)O)C(C)C)cc(Cl)c2o1. The van der Waals surface area contributed by atoms with E-state index in [0.29, 0.717) is 22.6 Å². The Balaban J connectivity index is 1.99. The van der Waals surface area contributed by atoms with E-state index < -0.39 is 17.3 Å². The highest BCUT2D eigenvalue weighted by Gasteiger charge is 2.65. The highest BCUT2D eigenvalue weighted by Crippen LogP contribution is 2.59. The van der Waals surface area contributed by atoms with Crippen molar-refractivity contribution in [2.75, 3.05) is 0 Å². The summed E-state index contributed by atoms with van der Waals surface area (Å²) < 4.78 is 5.49. The number of carboxylic acid groups (broad SMARTS) is 1. The van der Waals surface area contributed by atoms with Crippen molar-refractivity contribution in [1.29, 1.82) is 0 Å². The molecule has 2 atom stereocenters. The lowest BCUT2D eigenvalue weighted by Gasteiger charge is -2.16. The summed E-state index contributed by atoms with van der Waals surface area (Å²) in [4.78, 5) is 24.2. The number of Topliss-reactive ketones (excluding diaryl/α,β-unsaturated/α-hetero) is 1. The summed E-state index contributed by atoms with van der Waals surface area (Å²) in [5, 5.41) is 10.6. The first-order valence-corrected chi connectivity index (χ1v) is 7.62. The normalized spacial score (nSPS) is 24.0. The van der Waals surface area contributed by atoms with Crippen molar-refractivity contribution in [3.05, 3.63) is 34.5 Å². The molecule has 2 aromatic rings. The number of aryl methyl sites for hydroxylation is 1. The molecule has 5 heteroatoms. The minimum atomic E-state index is -0.940. The van der Waals surface area contributed by atoms with Crippen molar-refractivity contribution in [3.8, 4) is 0 Å². The Labute approximate surface area is 133 Å². The van der Waals surface area contributed by atoms with Crippen LogP contribution in [0.15, 0.2) is 22.6 Å². The Morgan fingerprint density at radius 2 is 2.05 bits per heavy atom. The summed E-state index contributed by atoms with van der Waals surface area (Å²) in [7, 11) is 0. The Morgan fingerprint density at radius 1 is 1.36 bits per heavy atom. The molecule has 1 saturated carbocycles. The molecule has 0 saturated heterocycles. The van der Waals surface area contributed by atoms with Crippen molar-refractivity contribution in [2.24, 2.45) is 17.3 Å². The molecule has 0 amide bonds. The third kappa shape index (κ3) is 2.05. The molecule has 0 radical (unpaired) electrons. The topological polar surface area (TPSA) is 67.5 Å². The molecule has 0 aliphatic heterocycles. The molecule has 1 aromatic heterocycles. The highest BCUT2D eigenvalue weighted by atomic mass is 35.5. The first-order valence-electron chi connectivity index (χ1n) is 7.24. The molecule has 0 bridgehead atoms. The second-order valence-corrected chi connectivity index (χ2v) is 6.76. The van der Waals surface area contributed by atoms with Crippen LogP contribution in [0.2, 0.25) is 5.02 Å². The van der Waals surface area contributed by atoms with Gasteiger partial charge in [0.25, 0.3) is 0 Å². The molecule has 116 valence electrons. The fourth-order valence-corrected chi connectivity index (χ4v) is 3.57. The molecule has 1 aromatic carbocycles. The summed E-state index contributed by atoms with van der Waals surface area (Å²) >= 11 is 6.18. The molecule has 0 spiro atoms. The molecule has 1 aliphatic carbocycles. The lowest BCUT2D eigenvalue weighted by Crippen LogP contribution is -2.26. The van der Waals surface area contributed by atoms with E-state index in [0.717, 1.165) is 11.1 Å². The summed E-state index contributed by atoms with van der Waals surface area (Å²) in [5.74, 6) is -0.901. The van der Waals surface area contributed by atoms with E-state index in [1.165, 1.54) is 0 Å². The molecule has 4 nitrogen and oxygen atoms in total. The second-order valence-electron chi connectivity index (χ2n) is 6.35. The number of hydrogen-bond acceptors (Lipinski definition) is 3. The van der Waals surface area contributed by atoms with Crippen LogP contribution in [0, 0.1) is 24.2 Å². The highest BCUT2D eigenvalue weighted by molar-refractivity contribution is 6.35. The van der Waals surface area contributed by atoms with Crippen LogP contribution in [0.4, 0.5) is 0 Å². The predicted octanol–water partition coefficient (Wildman–Crippen LogP) is 4.32. The van der Waals surface area contributed by atoms with Crippen LogP contribution in [0.1, 0.15) is 36.4 Å². The van der Waals surface area contributed by atoms with E-state index in [2.05, 4.69) is 0 Å². The van der Waals surface area contributed by atoms with Crippen molar-refractivity contribution in [1.82, 2.24) is 0 Å². The first kappa shape index (κ1) is 15.1. The van der Waals surface area contributed by atoms with Gasteiger partial charge in [0.2, 0.25) is 0 Å². The predicted molar refractivity (Wildman–Crippen MR) is 83.3 cm³/mol. The molecule has 3 rings (SSSR count). The fraction of sp³-hybridized carbons (Fsp3) is 0.412. The minimum absolute atomic E-state index is 0.0886. The number of hydrogen-bond donors (Lipinski definition) is 1. The number of benzene rings is 1. The Kier molecular flexibility index (Phi) is 3.33. The minimum Gasteiger partial charge on any atom is -0.481 e. The van der Waals surface area contributed by atoms with Gasteiger partial charge in [0.1, 0.15) is 5.76 Å². The number of fused-ring (bicyclic) bond motifs is 1. The van der Waals surface area contributed by atoms with Crippen LogP contribution >= 0.6 is 11.6 Å². The fourth-order valence-electron chi connectivity index (χ4n) is 3.31. The van der Waals surface area contributed by atoms with E-state index in [-0.39, 0.29) is 11.7 Å². The maximum atomic E-state index is 12.7.